The largest absolute Gasteiger partial charge is 1.00 e. The molecule has 3 heterocycles. The number of carbonyl (C=O) groups excluding carboxylic acids is 1. The Bertz CT molecular complexity index is 1640. The number of ether oxygens (including phenoxy) is 6. The van der Waals surface area contributed by atoms with Gasteiger partial charge in [-0.05, 0) is 48.6 Å². The molecule has 0 unspecified atom stereocenters. The molecule has 2 aromatic rings. The van der Waals surface area contributed by atoms with E-state index < -0.39 is 51.1 Å². The van der Waals surface area contributed by atoms with Crippen LogP contribution in [0.5, 0.6) is 17.2 Å². The van der Waals surface area contributed by atoms with E-state index in [2.05, 4.69) is 9.50 Å². The molecule has 3 aliphatic heterocycles. The first-order valence-corrected chi connectivity index (χ1v) is 18.7. The normalized spacial score (nSPS) is 21.0. The van der Waals surface area contributed by atoms with Crippen molar-refractivity contribution in [2.45, 2.75) is 62.5 Å². The molecule has 0 aliphatic carbocycles. The van der Waals surface area contributed by atoms with Crippen LogP contribution in [0, 0.1) is 11.8 Å². The molecule has 2 aromatic carbocycles. The minimum atomic E-state index is -4.77. The number of benzene rings is 2. The molecule has 0 saturated carbocycles. The van der Waals surface area contributed by atoms with E-state index in [-0.39, 0.29) is 121 Å². The summed E-state index contributed by atoms with van der Waals surface area (Å²) < 4.78 is 97.8. The van der Waals surface area contributed by atoms with Crippen molar-refractivity contribution in [1.29, 1.82) is 0 Å². The van der Waals surface area contributed by atoms with Gasteiger partial charge in [0.1, 0.15) is 11.9 Å². The van der Waals surface area contributed by atoms with Gasteiger partial charge < -0.3 is 43.4 Å². The summed E-state index contributed by atoms with van der Waals surface area (Å²) in [5.41, 5.74) is 0.681. The predicted octanol–water partition coefficient (Wildman–Crippen LogP) is -1.23. The van der Waals surface area contributed by atoms with Gasteiger partial charge in [-0.15, -0.1) is 0 Å². The van der Waals surface area contributed by atoms with Crippen LogP contribution in [-0.2, 0) is 45.2 Å². The van der Waals surface area contributed by atoms with Gasteiger partial charge in [0.05, 0.1) is 49.4 Å². The van der Waals surface area contributed by atoms with Gasteiger partial charge in [-0.1, -0.05) is 26.0 Å². The molecule has 50 heavy (non-hydrogen) atoms. The number of amides is 1. The third-order valence-corrected chi connectivity index (χ3v) is 10.4. The maximum atomic E-state index is 13.9. The number of nitrogens with zero attached hydrogens (tertiary/aromatic N) is 1. The fraction of sp³-hybridized carbons (Fsp3) is 0.581. The average Bonchev–Trinajstić information content (AvgIpc) is 3.79. The van der Waals surface area contributed by atoms with Gasteiger partial charge in [-0.25, -0.2) is 21.6 Å². The second-order valence-corrected chi connectivity index (χ2v) is 15.3. The maximum absolute atomic E-state index is 13.9. The molecular formula is C31H41KN2O14S2. The molecule has 0 bridgehead atoms. The van der Waals surface area contributed by atoms with E-state index in [9.17, 15) is 31.3 Å². The Labute approximate surface area is 334 Å². The SMILES string of the molecule is CC(C)CN(C[C@@H](O)[C@H](Cc1ccc(OCCCOS(=O)(=O)[O-])cc1)NC(=O)O[C@H]1CO[C@H]2OCC[C@H]21)S(=O)(=O)c1ccc2c(c1)OCO2.[K+]. The molecule has 0 aromatic heterocycles. The Kier molecular flexibility index (Phi) is 15.2. The number of rotatable bonds is 17. The van der Waals surface area contributed by atoms with Gasteiger partial charge in [-0.2, -0.15) is 4.31 Å². The summed E-state index contributed by atoms with van der Waals surface area (Å²) >= 11 is 0. The summed E-state index contributed by atoms with van der Waals surface area (Å²) in [5.74, 6) is 0.980. The number of sulfonamides is 1. The van der Waals surface area contributed by atoms with Gasteiger partial charge in [0.2, 0.25) is 27.2 Å². The summed E-state index contributed by atoms with van der Waals surface area (Å²) in [6.07, 6.45) is -2.20. The number of hydrogen-bond donors (Lipinski definition) is 2. The van der Waals surface area contributed by atoms with Gasteiger partial charge in [0, 0.05) is 25.6 Å². The molecule has 19 heteroatoms. The van der Waals surface area contributed by atoms with Crippen LogP contribution < -0.4 is 70.9 Å². The van der Waals surface area contributed by atoms with E-state index in [0.717, 1.165) is 0 Å². The molecule has 5 rings (SSSR count). The van der Waals surface area contributed by atoms with E-state index in [1.807, 2.05) is 13.8 Å². The molecule has 2 saturated heterocycles. The van der Waals surface area contributed by atoms with E-state index in [1.54, 1.807) is 24.3 Å². The Balaban J connectivity index is 0.00000562. The van der Waals surface area contributed by atoms with Crippen molar-refractivity contribution in [2.24, 2.45) is 11.8 Å². The predicted molar refractivity (Wildman–Crippen MR) is 169 cm³/mol. The third-order valence-electron chi connectivity index (χ3n) is 8.12. The number of nitrogens with one attached hydrogen (secondary N) is 1. The third kappa shape index (κ3) is 11.5. The quantitative estimate of drug-likeness (QED) is 0.0837. The van der Waals surface area contributed by atoms with E-state index in [0.29, 0.717) is 35.8 Å². The summed E-state index contributed by atoms with van der Waals surface area (Å²) in [7, 11) is -8.89. The van der Waals surface area contributed by atoms with Crippen LogP contribution in [0.3, 0.4) is 0 Å². The topological polar surface area (TPSA) is 209 Å². The van der Waals surface area contributed by atoms with Crippen molar-refractivity contribution in [3.63, 3.8) is 0 Å². The van der Waals surface area contributed by atoms with Crippen molar-refractivity contribution in [1.82, 2.24) is 9.62 Å². The van der Waals surface area contributed by atoms with E-state index in [1.165, 1.54) is 22.5 Å². The summed E-state index contributed by atoms with van der Waals surface area (Å²) in [4.78, 5) is 13.2. The Morgan fingerprint density at radius 3 is 2.50 bits per heavy atom. The van der Waals surface area contributed by atoms with Crippen molar-refractivity contribution >= 4 is 26.5 Å². The minimum absolute atomic E-state index is 0. The standard InChI is InChI=1S/C31H42N2O14S2.K/c1-20(2)16-33(48(36,37)23-8-9-27-28(15-23)45-19-44-27)17-26(34)25(32-31(35)47-29-18-43-30-24(29)10-13-42-30)14-21-4-6-22(7-5-21)41-11-3-12-46-49(38,39)40;/h4-9,15,20,24-26,29-30,34H,3,10-14,16-19H2,1-2H3,(H,32,35)(H,38,39,40);/q;+1/p-1/t24-,25-,26+,29-,30+;/m0./s1. The van der Waals surface area contributed by atoms with Crippen molar-refractivity contribution in [3.8, 4) is 17.2 Å². The van der Waals surface area contributed by atoms with Crippen molar-refractivity contribution in [2.75, 3.05) is 46.3 Å². The van der Waals surface area contributed by atoms with Crippen LogP contribution in [0.4, 0.5) is 4.79 Å². The fourth-order valence-electron chi connectivity index (χ4n) is 5.74. The molecule has 2 N–H and O–H groups in total. The average molecular weight is 769 g/mol. The van der Waals surface area contributed by atoms with Crippen molar-refractivity contribution < 1.29 is 115 Å². The molecule has 5 atom stereocenters. The molecule has 0 spiro atoms. The van der Waals surface area contributed by atoms with Crippen LogP contribution in [0.1, 0.15) is 32.3 Å². The molecule has 272 valence electrons. The maximum Gasteiger partial charge on any atom is 1.00 e. The van der Waals surface area contributed by atoms with Crippen molar-refractivity contribution in [3.05, 3.63) is 48.0 Å². The molecular weight excluding hydrogens is 728 g/mol. The summed E-state index contributed by atoms with van der Waals surface area (Å²) in [6.45, 7) is 3.88. The molecule has 0 radical (unpaired) electrons. The molecule has 3 aliphatic rings. The van der Waals surface area contributed by atoms with Gasteiger partial charge in [-0.3, -0.25) is 4.18 Å². The number of carbonyl (C=O) groups is 1. The first-order valence-electron chi connectivity index (χ1n) is 15.9. The molecule has 2 fully saturated rings. The minimum Gasteiger partial charge on any atom is -0.726 e. The van der Waals surface area contributed by atoms with Crippen LogP contribution in [-0.4, -0.2) is 108 Å². The summed E-state index contributed by atoms with van der Waals surface area (Å²) in [5, 5.41) is 14.3. The molecule has 1 amide bonds. The molecule has 16 nitrogen and oxygen atoms in total. The van der Waals surface area contributed by atoms with Gasteiger partial charge in [0.15, 0.2) is 17.8 Å². The number of aliphatic hydroxyl groups is 1. The Morgan fingerprint density at radius 1 is 1.04 bits per heavy atom. The number of hydrogen-bond acceptors (Lipinski definition) is 14. The number of aliphatic hydroxyl groups excluding tert-OH is 1. The Morgan fingerprint density at radius 2 is 1.78 bits per heavy atom. The van der Waals surface area contributed by atoms with Crippen LogP contribution in [0.2, 0.25) is 0 Å². The number of alkyl carbamates (subject to hydrolysis) is 1. The van der Waals surface area contributed by atoms with Crippen LogP contribution in [0.25, 0.3) is 0 Å². The van der Waals surface area contributed by atoms with E-state index >= 15 is 0 Å². The second-order valence-electron chi connectivity index (χ2n) is 12.3. The monoisotopic (exact) mass is 768 g/mol. The first-order chi connectivity index (χ1) is 23.3. The summed E-state index contributed by atoms with van der Waals surface area (Å²) in [6, 6.07) is 10.1. The Hall–Kier alpha value is -1.59. The van der Waals surface area contributed by atoms with E-state index in [4.69, 9.17) is 28.4 Å². The first kappa shape index (κ1) is 41.2. The zero-order chi connectivity index (χ0) is 35.2. The van der Waals surface area contributed by atoms with Gasteiger partial charge in [0.25, 0.3) is 0 Å². The second kappa shape index (κ2) is 18.4. The smallest absolute Gasteiger partial charge is 0.726 e. The van der Waals surface area contributed by atoms with Crippen LogP contribution in [0.15, 0.2) is 47.4 Å². The zero-order valence-corrected chi connectivity index (χ0v) is 32.9. The van der Waals surface area contributed by atoms with Crippen LogP contribution >= 0.6 is 0 Å². The van der Waals surface area contributed by atoms with Gasteiger partial charge >= 0.3 is 57.5 Å². The number of fused-ring (bicyclic) bond motifs is 2. The fourth-order valence-corrected chi connectivity index (χ4v) is 7.70. The zero-order valence-electron chi connectivity index (χ0n) is 28.1.